The molecule has 0 saturated carbocycles. The van der Waals surface area contributed by atoms with Gasteiger partial charge in [-0.25, -0.2) is 0 Å². The SMILES string of the molecule is CNC(=O)c1c(Br)cnn1C. The standard InChI is InChI=1S/C6H8BrN3O/c1-8-6(11)5-4(7)3-9-10(5)2/h3H,1-2H3,(H,8,11). The molecule has 1 amide bonds. The summed E-state index contributed by atoms with van der Waals surface area (Å²) in [5, 5.41) is 6.41. The average Bonchev–Trinajstić information content (AvgIpc) is 2.30. The summed E-state index contributed by atoms with van der Waals surface area (Å²) in [7, 11) is 3.30. The molecule has 4 nitrogen and oxygen atoms in total. The highest BCUT2D eigenvalue weighted by Gasteiger charge is 2.12. The summed E-state index contributed by atoms with van der Waals surface area (Å²) >= 11 is 3.21. The maximum Gasteiger partial charge on any atom is 0.270 e. The van der Waals surface area contributed by atoms with E-state index in [1.165, 1.54) is 4.68 Å². The van der Waals surface area contributed by atoms with Crippen LogP contribution in [0.2, 0.25) is 0 Å². The highest BCUT2D eigenvalue weighted by molar-refractivity contribution is 9.10. The largest absolute Gasteiger partial charge is 0.354 e. The van der Waals surface area contributed by atoms with Crippen molar-refractivity contribution in [3.63, 3.8) is 0 Å². The van der Waals surface area contributed by atoms with E-state index < -0.39 is 0 Å². The molecule has 0 aliphatic heterocycles. The molecule has 1 N–H and O–H groups in total. The van der Waals surface area contributed by atoms with Crippen LogP contribution in [-0.2, 0) is 7.05 Å². The van der Waals surface area contributed by atoms with Gasteiger partial charge in [-0.1, -0.05) is 0 Å². The molecule has 0 fully saturated rings. The fourth-order valence-electron chi connectivity index (χ4n) is 0.785. The zero-order chi connectivity index (χ0) is 8.43. The third-order valence-corrected chi connectivity index (χ3v) is 1.92. The van der Waals surface area contributed by atoms with Gasteiger partial charge in [-0.3, -0.25) is 9.48 Å². The van der Waals surface area contributed by atoms with E-state index in [0.717, 1.165) is 0 Å². The lowest BCUT2D eigenvalue weighted by Gasteiger charge is -1.99. The van der Waals surface area contributed by atoms with Crippen LogP contribution in [0, 0.1) is 0 Å². The topological polar surface area (TPSA) is 46.9 Å². The minimum atomic E-state index is -0.142. The molecule has 1 heterocycles. The number of nitrogens with one attached hydrogen (secondary N) is 1. The molecule has 0 radical (unpaired) electrons. The molecule has 0 aliphatic rings. The lowest BCUT2D eigenvalue weighted by atomic mass is 10.4. The number of amides is 1. The highest BCUT2D eigenvalue weighted by Crippen LogP contribution is 2.13. The lowest BCUT2D eigenvalue weighted by Crippen LogP contribution is -2.21. The number of halogens is 1. The lowest BCUT2D eigenvalue weighted by molar-refractivity contribution is 0.0953. The highest BCUT2D eigenvalue weighted by atomic mass is 79.9. The molecule has 0 spiro atoms. The molecule has 11 heavy (non-hydrogen) atoms. The molecule has 1 aromatic rings. The van der Waals surface area contributed by atoms with Crippen LogP contribution in [0.4, 0.5) is 0 Å². The van der Waals surface area contributed by atoms with Crippen molar-refractivity contribution < 1.29 is 4.79 Å². The first kappa shape index (κ1) is 8.26. The summed E-state index contributed by atoms with van der Waals surface area (Å²) in [6.07, 6.45) is 1.59. The Balaban J connectivity index is 3.10. The molecule has 0 bridgehead atoms. The number of nitrogens with zero attached hydrogens (tertiary/aromatic N) is 2. The normalized spacial score (nSPS) is 9.73. The van der Waals surface area contributed by atoms with Crippen molar-refractivity contribution in [1.29, 1.82) is 0 Å². The Kier molecular flexibility index (Phi) is 2.28. The van der Waals surface area contributed by atoms with Crippen molar-refractivity contribution in [2.75, 3.05) is 7.05 Å². The Morgan fingerprint density at radius 2 is 2.45 bits per heavy atom. The van der Waals surface area contributed by atoms with Gasteiger partial charge in [0.1, 0.15) is 5.69 Å². The van der Waals surface area contributed by atoms with Crippen molar-refractivity contribution in [3.8, 4) is 0 Å². The van der Waals surface area contributed by atoms with Gasteiger partial charge in [-0.15, -0.1) is 0 Å². The zero-order valence-corrected chi connectivity index (χ0v) is 7.84. The molecule has 0 unspecified atom stereocenters. The Bertz CT molecular complexity index is 262. The van der Waals surface area contributed by atoms with Crippen molar-refractivity contribution in [3.05, 3.63) is 16.4 Å². The summed E-state index contributed by atoms with van der Waals surface area (Å²) in [4.78, 5) is 11.1. The van der Waals surface area contributed by atoms with E-state index in [1.807, 2.05) is 0 Å². The summed E-state index contributed by atoms with van der Waals surface area (Å²) in [5.74, 6) is -0.142. The quantitative estimate of drug-likeness (QED) is 0.747. The summed E-state index contributed by atoms with van der Waals surface area (Å²) in [6.45, 7) is 0. The molecule has 1 aromatic heterocycles. The summed E-state index contributed by atoms with van der Waals surface area (Å²) < 4.78 is 2.22. The average molecular weight is 218 g/mol. The number of carbonyl (C=O) groups excluding carboxylic acids is 1. The predicted molar refractivity (Wildman–Crippen MR) is 44.3 cm³/mol. The van der Waals surface area contributed by atoms with E-state index >= 15 is 0 Å². The Morgan fingerprint density at radius 3 is 2.82 bits per heavy atom. The van der Waals surface area contributed by atoms with Gasteiger partial charge in [0, 0.05) is 14.1 Å². The van der Waals surface area contributed by atoms with Crippen molar-refractivity contribution in [2.45, 2.75) is 0 Å². The van der Waals surface area contributed by atoms with E-state index in [9.17, 15) is 4.79 Å². The fraction of sp³-hybridized carbons (Fsp3) is 0.333. The molecule has 0 aliphatic carbocycles. The van der Waals surface area contributed by atoms with E-state index in [2.05, 4.69) is 26.3 Å². The minimum Gasteiger partial charge on any atom is -0.354 e. The number of aromatic nitrogens is 2. The first-order valence-electron chi connectivity index (χ1n) is 3.06. The van der Waals surface area contributed by atoms with Gasteiger partial charge in [0.25, 0.3) is 5.91 Å². The van der Waals surface area contributed by atoms with Crippen LogP contribution in [0.25, 0.3) is 0 Å². The molecular weight excluding hydrogens is 210 g/mol. The number of hydrogen-bond donors (Lipinski definition) is 1. The molecule has 0 atom stereocenters. The number of rotatable bonds is 1. The maximum absolute atomic E-state index is 11.1. The molecule has 1 rings (SSSR count). The second-order valence-corrected chi connectivity index (χ2v) is 2.90. The van der Waals surface area contributed by atoms with Crippen molar-refractivity contribution >= 4 is 21.8 Å². The van der Waals surface area contributed by atoms with Gasteiger partial charge >= 0.3 is 0 Å². The molecular formula is C6H8BrN3O. The van der Waals surface area contributed by atoms with E-state index in [0.29, 0.717) is 10.2 Å². The zero-order valence-electron chi connectivity index (χ0n) is 6.26. The number of hydrogen-bond acceptors (Lipinski definition) is 2. The van der Waals surface area contributed by atoms with E-state index in [-0.39, 0.29) is 5.91 Å². The second-order valence-electron chi connectivity index (χ2n) is 2.04. The van der Waals surface area contributed by atoms with Gasteiger partial charge in [-0.2, -0.15) is 5.10 Å². The molecule has 60 valence electrons. The van der Waals surface area contributed by atoms with Crippen LogP contribution in [-0.4, -0.2) is 22.7 Å². The Labute approximate surface area is 72.7 Å². The van der Waals surface area contributed by atoms with Crippen LogP contribution in [0.5, 0.6) is 0 Å². The molecule has 5 heteroatoms. The van der Waals surface area contributed by atoms with Gasteiger partial charge in [0.05, 0.1) is 10.7 Å². The molecule has 0 aromatic carbocycles. The second kappa shape index (κ2) is 3.04. The summed E-state index contributed by atoms with van der Waals surface area (Å²) in [5.41, 5.74) is 0.535. The van der Waals surface area contributed by atoms with E-state index in [4.69, 9.17) is 0 Å². The van der Waals surface area contributed by atoms with Crippen LogP contribution < -0.4 is 5.32 Å². The maximum atomic E-state index is 11.1. The Hall–Kier alpha value is -0.840. The Morgan fingerprint density at radius 1 is 1.82 bits per heavy atom. The minimum absolute atomic E-state index is 0.142. The van der Waals surface area contributed by atoms with Crippen LogP contribution in [0.1, 0.15) is 10.5 Å². The van der Waals surface area contributed by atoms with Gasteiger partial charge in [-0.05, 0) is 15.9 Å². The number of aryl methyl sites for hydroxylation is 1. The van der Waals surface area contributed by atoms with Crippen molar-refractivity contribution in [1.82, 2.24) is 15.1 Å². The van der Waals surface area contributed by atoms with Crippen molar-refractivity contribution in [2.24, 2.45) is 7.05 Å². The monoisotopic (exact) mass is 217 g/mol. The molecule has 0 saturated heterocycles. The smallest absolute Gasteiger partial charge is 0.270 e. The summed E-state index contributed by atoms with van der Waals surface area (Å²) in [6, 6.07) is 0. The first-order valence-corrected chi connectivity index (χ1v) is 3.85. The van der Waals surface area contributed by atoms with Gasteiger partial charge in [0.2, 0.25) is 0 Å². The third-order valence-electron chi connectivity index (χ3n) is 1.34. The van der Waals surface area contributed by atoms with E-state index in [1.54, 1.807) is 20.3 Å². The van der Waals surface area contributed by atoms with Crippen LogP contribution in [0.3, 0.4) is 0 Å². The van der Waals surface area contributed by atoms with Crippen LogP contribution in [0.15, 0.2) is 10.7 Å². The van der Waals surface area contributed by atoms with Gasteiger partial charge in [0.15, 0.2) is 0 Å². The van der Waals surface area contributed by atoms with Gasteiger partial charge < -0.3 is 5.32 Å². The number of carbonyl (C=O) groups is 1. The van der Waals surface area contributed by atoms with Crippen LogP contribution >= 0.6 is 15.9 Å². The third kappa shape index (κ3) is 1.42. The predicted octanol–water partition coefficient (Wildman–Crippen LogP) is 0.542. The first-order chi connectivity index (χ1) is 5.16. The fourth-order valence-corrected chi connectivity index (χ4v) is 1.31.